The maximum atomic E-state index is 13.7. The summed E-state index contributed by atoms with van der Waals surface area (Å²) in [7, 11) is 1.53. The smallest absolute Gasteiger partial charge is 0.272 e. The van der Waals surface area contributed by atoms with Crippen molar-refractivity contribution in [2.45, 2.75) is 23.5 Å². The van der Waals surface area contributed by atoms with Gasteiger partial charge in [0.15, 0.2) is 0 Å². The summed E-state index contributed by atoms with van der Waals surface area (Å²) in [5.41, 5.74) is 2.30. The van der Waals surface area contributed by atoms with Crippen LogP contribution in [0.4, 0.5) is 11.4 Å². The van der Waals surface area contributed by atoms with Crippen LogP contribution < -0.4 is 20.7 Å². The first-order valence-electron chi connectivity index (χ1n) is 14.6. The topological polar surface area (TPSA) is 96.5 Å². The third-order valence-corrected chi connectivity index (χ3v) is 8.70. The minimum atomic E-state index is -0.489. The first-order valence-corrected chi connectivity index (χ1v) is 15.9. The zero-order chi connectivity index (χ0) is 32.5. The molecule has 0 aliphatic heterocycles. The van der Waals surface area contributed by atoms with Crippen molar-refractivity contribution in [3.63, 3.8) is 0 Å². The number of benzene rings is 5. The van der Waals surface area contributed by atoms with Crippen LogP contribution in [-0.2, 0) is 9.59 Å². The summed E-state index contributed by atoms with van der Waals surface area (Å²) in [5.74, 6) is -0.586. The van der Waals surface area contributed by atoms with Crippen molar-refractivity contribution in [3.05, 3.63) is 137 Å². The van der Waals surface area contributed by atoms with Crippen molar-refractivity contribution in [1.82, 2.24) is 5.32 Å². The standard InChI is InChI=1S/C37H32ClN3O4S/c1-3-34(37(44)40-31-22-27(38)19-20-33(31)45-2)46-29-17-10-16-28(23-29)39-36(43)32(41-35(42)25-12-5-4-6-13-25)21-26-15-9-14-24-11-7-8-18-30(24)26/h4-23,34H,3H2,1-2H3,(H,39,43)(H,40,44)(H,41,42)/b32-21+. The summed E-state index contributed by atoms with van der Waals surface area (Å²) in [4.78, 5) is 40.9. The number of methoxy groups -OCH3 is 1. The molecule has 5 aromatic carbocycles. The molecule has 3 amide bonds. The van der Waals surface area contributed by atoms with Crippen LogP contribution in [0.2, 0.25) is 5.02 Å². The molecule has 3 N–H and O–H groups in total. The first kappa shape index (κ1) is 32.3. The highest BCUT2D eigenvalue weighted by molar-refractivity contribution is 8.00. The molecule has 0 bridgehead atoms. The highest BCUT2D eigenvalue weighted by atomic mass is 35.5. The van der Waals surface area contributed by atoms with Gasteiger partial charge >= 0.3 is 0 Å². The number of anilines is 2. The van der Waals surface area contributed by atoms with Crippen LogP contribution in [0.3, 0.4) is 0 Å². The summed E-state index contributed by atoms with van der Waals surface area (Å²) < 4.78 is 5.36. The normalized spacial score (nSPS) is 11.8. The SMILES string of the molecule is CCC(Sc1cccc(NC(=O)/C(=C\c2cccc3ccccc23)NC(=O)c2ccccc2)c1)C(=O)Nc1cc(Cl)ccc1OC. The van der Waals surface area contributed by atoms with Gasteiger partial charge in [-0.15, -0.1) is 11.8 Å². The van der Waals surface area contributed by atoms with Gasteiger partial charge < -0.3 is 20.7 Å². The van der Waals surface area contributed by atoms with Crippen molar-refractivity contribution in [1.29, 1.82) is 0 Å². The van der Waals surface area contributed by atoms with Gasteiger partial charge in [0.05, 0.1) is 18.0 Å². The van der Waals surface area contributed by atoms with E-state index in [1.165, 1.54) is 18.9 Å². The molecule has 0 spiro atoms. The Morgan fingerprint density at radius 1 is 0.848 bits per heavy atom. The van der Waals surface area contributed by atoms with Crippen LogP contribution in [0.5, 0.6) is 5.75 Å². The van der Waals surface area contributed by atoms with Gasteiger partial charge in [0, 0.05) is 21.2 Å². The van der Waals surface area contributed by atoms with Crippen LogP contribution in [0.1, 0.15) is 29.3 Å². The van der Waals surface area contributed by atoms with E-state index in [1.54, 1.807) is 66.7 Å². The van der Waals surface area contributed by atoms with Crippen LogP contribution >= 0.6 is 23.4 Å². The molecule has 46 heavy (non-hydrogen) atoms. The molecule has 0 aliphatic carbocycles. The quantitative estimate of drug-likeness (QED) is 0.0986. The molecule has 1 atom stereocenters. The number of fused-ring (bicyclic) bond motifs is 1. The lowest BCUT2D eigenvalue weighted by molar-refractivity contribution is -0.116. The second kappa shape index (κ2) is 15.3. The fourth-order valence-corrected chi connectivity index (χ4v) is 5.98. The molecule has 5 rings (SSSR count). The van der Waals surface area contributed by atoms with Gasteiger partial charge in [-0.05, 0) is 77.4 Å². The lowest BCUT2D eigenvalue weighted by atomic mass is 10.0. The number of carbonyl (C=O) groups excluding carboxylic acids is 3. The number of amides is 3. The van der Waals surface area contributed by atoms with E-state index in [0.717, 1.165) is 21.2 Å². The van der Waals surface area contributed by atoms with E-state index < -0.39 is 17.1 Å². The Balaban J connectivity index is 1.36. The molecule has 7 nitrogen and oxygen atoms in total. The van der Waals surface area contributed by atoms with Crippen LogP contribution in [0.15, 0.2) is 126 Å². The summed E-state index contributed by atoms with van der Waals surface area (Å²) >= 11 is 7.51. The Morgan fingerprint density at radius 3 is 2.37 bits per heavy atom. The molecule has 1 unspecified atom stereocenters. The number of hydrogen-bond acceptors (Lipinski definition) is 5. The zero-order valence-electron chi connectivity index (χ0n) is 25.3. The van der Waals surface area contributed by atoms with E-state index in [2.05, 4.69) is 16.0 Å². The number of hydrogen-bond donors (Lipinski definition) is 3. The number of thioether (sulfide) groups is 1. The summed E-state index contributed by atoms with van der Waals surface area (Å²) in [6.07, 6.45) is 2.23. The predicted octanol–water partition coefficient (Wildman–Crippen LogP) is 8.42. The molecule has 0 aromatic heterocycles. The molecule has 232 valence electrons. The lowest BCUT2D eigenvalue weighted by Crippen LogP contribution is -2.30. The van der Waals surface area contributed by atoms with Gasteiger partial charge in [-0.1, -0.05) is 85.3 Å². The van der Waals surface area contributed by atoms with Crippen molar-refractivity contribution in [2.24, 2.45) is 0 Å². The van der Waals surface area contributed by atoms with Crippen molar-refractivity contribution < 1.29 is 19.1 Å². The van der Waals surface area contributed by atoms with E-state index in [1.807, 2.05) is 61.5 Å². The lowest BCUT2D eigenvalue weighted by Gasteiger charge is -2.17. The fraction of sp³-hybridized carbons (Fsp3) is 0.108. The summed E-state index contributed by atoms with van der Waals surface area (Å²) in [6.45, 7) is 1.93. The second-order valence-electron chi connectivity index (χ2n) is 10.3. The Labute approximate surface area is 277 Å². The Bertz CT molecular complexity index is 1910. The third-order valence-electron chi connectivity index (χ3n) is 7.10. The Morgan fingerprint density at radius 2 is 1.59 bits per heavy atom. The van der Waals surface area contributed by atoms with Crippen LogP contribution in [-0.4, -0.2) is 30.1 Å². The van der Waals surface area contributed by atoms with E-state index >= 15 is 0 Å². The fourth-order valence-electron chi connectivity index (χ4n) is 4.80. The molecular formula is C37H32ClN3O4S. The average Bonchev–Trinajstić information content (AvgIpc) is 3.07. The van der Waals surface area contributed by atoms with Gasteiger partial charge in [0.1, 0.15) is 11.4 Å². The third kappa shape index (κ3) is 8.15. The summed E-state index contributed by atoms with van der Waals surface area (Å²) in [6, 6.07) is 34.6. The van der Waals surface area contributed by atoms with Gasteiger partial charge in [-0.3, -0.25) is 14.4 Å². The van der Waals surface area contributed by atoms with E-state index in [4.69, 9.17) is 16.3 Å². The number of ether oxygens (including phenoxy) is 1. The zero-order valence-corrected chi connectivity index (χ0v) is 26.8. The van der Waals surface area contributed by atoms with E-state index in [0.29, 0.717) is 34.1 Å². The van der Waals surface area contributed by atoms with Crippen molar-refractivity contribution in [3.8, 4) is 5.75 Å². The predicted molar refractivity (Wildman–Crippen MR) is 187 cm³/mol. The molecule has 5 aromatic rings. The monoisotopic (exact) mass is 649 g/mol. The molecule has 0 heterocycles. The van der Waals surface area contributed by atoms with Gasteiger partial charge in [-0.25, -0.2) is 0 Å². The maximum absolute atomic E-state index is 13.7. The van der Waals surface area contributed by atoms with Crippen molar-refractivity contribution in [2.75, 3.05) is 17.7 Å². The first-order chi connectivity index (χ1) is 22.3. The largest absolute Gasteiger partial charge is 0.495 e. The van der Waals surface area contributed by atoms with E-state index in [-0.39, 0.29) is 11.6 Å². The number of rotatable bonds is 11. The average molecular weight is 650 g/mol. The molecule has 0 aliphatic rings. The molecule has 0 fully saturated rings. The molecule has 0 saturated carbocycles. The molecule has 0 radical (unpaired) electrons. The van der Waals surface area contributed by atoms with E-state index in [9.17, 15) is 14.4 Å². The summed E-state index contributed by atoms with van der Waals surface area (Å²) in [5, 5.41) is 10.7. The minimum absolute atomic E-state index is 0.0875. The van der Waals surface area contributed by atoms with Crippen LogP contribution in [0, 0.1) is 0 Å². The molecular weight excluding hydrogens is 618 g/mol. The Hall–Kier alpha value is -5.05. The number of carbonyl (C=O) groups is 3. The highest BCUT2D eigenvalue weighted by Gasteiger charge is 2.21. The number of halogens is 1. The highest BCUT2D eigenvalue weighted by Crippen LogP contribution is 2.32. The van der Waals surface area contributed by atoms with Gasteiger partial charge in [-0.2, -0.15) is 0 Å². The Kier molecular flexibility index (Phi) is 10.8. The minimum Gasteiger partial charge on any atom is -0.495 e. The van der Waals surface area contributed by atoms with Crippen molar-refractivity contribution >= 4 is 69.3 Å². The van der Waals surface area contributed by atoms with Gasteiger partial charge in [0.2, 0.25) is 5.91 Å². The molecule has 0 saturated heterocycles. The second-order valence-corrected chi connectivity index (χ2v) is 12.0. The number of nitrogens with one attached hydrogen (secondary N) is 3. The van der Waals surface area contributed by atoms with Gasteiger partial charge in [0.25, 0.3) is 11.8 Å². The maximum Gasteiger partial charge on any atom is 0.272 e. The van der Waals surface area contributed by atoms with Crippen LogP contribution in [0.25, 0.3) is 16.8 Å². The molecule has 9 heteroatoms.